The highest BCUT2D eigenvalue weighted by atomic mass is 16.5. The number of carbonyl (C=O) groups is 1. The van der Waals surface area contributed by atoms with E-state index in [1.54, 1.807) is 0 Å². The first kappa shape index (κ1) is 12.0. The van der Waals surface area contributed by atoms with Crippen LogP contribution in [0.1, 0.15) is 38.8 Å². The van der Waals surface area contributed by atoms with E-state index in [4.69, 9.17) is 4.74 Å². The van der Waals surface area contributed by atoms with Gasteiger partial charge < -0.3 is 10.1 Å². The van der Waals surface area contributed by atoms with E-state index in [0.717, 1.165) is 17.7 Å². The maximum atomic E-state index is 12.0. The van der Waals surface area contributed by atoms with E-state index in [1.165, 1.54) is 0 Å². The molecule has 3 nitrogen and oxygen atoms in total. The van der Waals surface area contributed by atoms with Crippen LogP contribution in [0.3, 0.4) is 0 Å². The maximum absolute atomic E-state index is 12.0. The van der Waals surface area contributed by atoms with Crippen LogP contribution in [0.2, 0.25) is 0 Å². The highest BCUT2D eigenvalue weighted by molar-refractivity contribution is 5.81. The summed E-state index contributed by atoms with van der Waals surface area (Å²) < 4.78 is 5.57. The fourth-order valence-corrected chi connectivity index (χ4v) is 1.87. The van der Waals surface area contributed by atoms with Crippen LogP contribution in [0.15, 0.2) is 24.3 Å². The molecule has 3 heteroatoms. The van der Waals surface area contributed by atoms with Crippen molar-refractivity contribution in [3.8, 4) is 5.75 Å². The van der Waals surface area contributed by atoms with Crippen LogP contribution in [0.4, 0.5) is 0 Å². The number of hydrogen-bond acceptors (Lipinski definition) is 2. The highest BCUT2D eigenvalue weighted by Crippen LogP contribution is 2.32. The van der Waals surface area contributed by atoms with E-state index in [2.05, 4.69) is 5.32 Å². The second-order valence-corrected chi connectivity index (χ2v) is 5.45. The van der Waals surface area contributed by atoms with Crippen molar-refractivity contribution >= 4 is 5.91 Å². The summed E-state index contributed by atoms with van der Waals surface area (Å²) in [5.41, 5.74) is 0.726. The molecule has 0 aromatic heterocycles. The zero-order chi connectivity index (χ0) is 12.5. The van der Waals surface area contributed by atoms with Gasteiger partial charge in [-0.25, -0.2) is 0 Å². The molecule has 0 unspecified atom stereocenters. The van der Waals surface area contributed by atoms with Gasteiger partial charge in [-0.05, 0) is 6.07 Å². The van der Waals surface area contributed by atoms with Crippen LogP contribution >= 0.6 is 0 Å². The van der Waals surface area contributed by atoms with Gasteiger partial charge in [0, 0.05) is 17.4 Å². The average Bonchev–Trinajstić information content (AvgIpc) is 2.28. The number of carbonyl (C=O) groups excluding carboxylic acids is 1. The average molecular weight is 233 g/mol. The van der Waals surface area contributed by atoms with E-state index in [9.17, 15) is 4.79 Å². The lowest BCUT2D eigenvalue weighted by molar-refractivity contribution is -0.129. The summed E-state index contributed by atoms with van der Waals surface area (Å²) in [4.78, 5) is 12.0. The van der Waals surface area contributed by atoms with Gasteiger partial charge in [0.2, 0.25) is 5.91 Å². The van der Waals surface area contributed by atoms with Gasteiger partial charge in [0.25, 0.3) is 0 Å². The van der Waals surface area contributed by atoms with E-state index >= 15 is 0 Å². The Labute approximate surface area is 102 Å². The van der Waals surface area contributed by atoms with Crippen molar-refractivity contribution < 1.29 is 9.53 Å². The normalized spacial score (nSPS) is 19.1. The molecular formula is C14H19NO2. The lowest BCUT2D eigenvalue weighted by Crippen LogP contribution is -2.39. The first-order valence-corrected chi connectivity index (χ1v) is 6.01. The molecule has 0 radical (unpaired) electrons. The molecule has 92 valence electrons. The van der Waals surface area contributed by atoms with Crippen molar-refractivity contribution in [3.63, 3.8) is 0 Å². The molecule has 1 aliphatic heterocycles. The summed E-state index contributed by atoms with van der Waals surface area (Å²) in [6.45, 7) is 6.43. The molecule has 1 atom stereocenters. The van der Waals surface area contributed by atoms with Crippen molar-refractivity contribution in [1.29, 1.82) is 0 Å². The molecule has 1 N–H and O–H groups in total. The smallest absolute Gasteiger partial charge is 0.225 e. The molecule has 0 spiro atoms. The summed E-state index contributed by atoms with van der Waals surface area (Å²) in [5.74, 6) is 0.970. The van der Waals surface area contributed by atoms with Crippen molar-refractivity contribution in [1.82, 2.24) is 5.32 Å². The third kappa shape index (κ3) is 2.60. The molecular weight excluding hydrogens is 214 g/mol. The summed E-state index contributed by atoms with van der Waals surface area (Å²) >= 11 is 0. The Morgan fingerprint density at radius 1 is 1.35 bits per heavy atom. The summed E-state index contributed by atoms with van der Waals surface area (Å²) in [6, 6.07) is 7.97. The van der Waals surface area contributed by atoms with Gasteiger partial charge in [0.05, 0.1) is 12.6 Å². The Balaban J connectivity index is 2.17. The zero-order valence-electron chi connectivity index (χ0n) is 10.6. The minimum atomic E-state index is -0.354. The molecule has 0 saturated carbocycles. The largest absolute Gasteiger partial charge is 0.493 e. The fraction of sp³-hybridized carbons (Fsp3) is 0.500. The van der Waals surface area contributed by atoms with E-state index in [1.807, 2.05) is 45.0 Å². The number of amides is 1. The Hall–Kier alpha value is -1.51. The first-order valence-electron chi connectivity index (χ1n) is 6.01. The van der Waals surface area contributed by atoms with Crippen LogP contribution in [0.25, 0.3) is 0 Å². The van der Waals surface area contributed by atoms with Gasteiger partial charge in [-0.1, -0.05) is 39.0 Å². The minimum absolute atomic E-state index is 0.0756. The number of benzene rings is 1. The topological polar surface area (TPSA) is 38.3 Å². The molecule has 1 aromatic rings. The molecule has 1 aliphatic rings. The monoisotopic (exact) mass is 233 g/mol. The number of fused-ring (bicyclic) bond motifs is 1. The molecule has 17 heavy (non-hydrogen) atoms. The zero-order valence-corrected chi connectivity index (χ0v) is 10.6. The summed E-state index contributed by atoms with van der Waals surface area (Å²) in [5, 5.41) is 3.10. The molecule has 0 fully saturated rings. The summed E-state index contributed by atoms with van der Waals surface area (Å²) in [7, 11) is 0. The Morgan fingerprint density at radius 2 is 2.06 bits per heavy atom. The number of hydrogen-bond donors (Lipinski definition) is 1. The first-order chi connectivity index (χ1) is 7.98. The van der Waals surface area contributed by atoms with Crippen molar-refractivity contribution in [2.45, 2.75) is 33.2 Å². The van der Waals surface area contributed by atoms with Gasteiger partial charge in [-0.15, -0.1) is 0 Å². The Bertz CT molecular complexity index is 420. The van der Waals surface area contributed by atoms with Crippen molar-refractivity contribution in [2.24, 2.45) is 5.41 Å². The lowest BCUT2D eigenvalue weighted by Gasteiger charge is -2.29. The number of nitrogens with one attached hydrogen (secondary N) is 1. The summed E-state index contributed by atoms with van der Waals surface area (Å²) in [6.07, 6.45) is 0.832. The van der Waals surface area contributed by atoms with Crippen LogP contribution < -0.4 is 10.1 Å². The molecule has 1 amide bonds. The maximum Gasteiger partial charge on any atom is 0.225 e. The van der Waals surface area contributed by atoms with Crippen LogP contribution in [0.5, 0.6) is 5.75 Å². The highest BCUT2D eigenvalue weighted by Gasteiger charge is 2.27. The van der Waals surface area contributed by atoms with Crippen LogP contribution in [0, 0.1) is 5.41 Å². The SMILES string of the molecule is CC(C)(C)C(=O)N[C@@H]1CCOc2ccccc21. The molecule has 0 aliphatic carbocycles. The molecule has 1 aromatic carbocycles. The standard InChI is InChI=1S/C14H19NO2/c1-14(2,3)13(16)15-11-8-9-17-12-7-5-4-6-10(11)12/h4-7,11H,8-9H2,1-3H3,(H,15,16)/t11-/m1/s1. The third-order valence-electron chi connectivity index (χ3n) is 2.95. The van der Waals surface area contributed by atoms with Gasteiger partial charge in [-0.2, -0.15) is 0 Å². The molecule has 1 heterocycles. The number of ether oxygens (including phenoxy) is 1. The van der Waals surface area contributed by atoms with Crippen LogP contribution in [-0.2, 0) is 4.79 Å². The minimum Gasteiger partial charge on any atom is -0.493 e. The van der Waals surface area contributed by atoms with Gasteiger partial charge in [0.1, 0.15) is 5.75 Å². The lowest BCUT2D eigenvalue weighted by atomic mass is 9.93. The van der Waals surface area contributed by atoms with Gasteiger partial charge in [0.15, 0.2) is 0 Å². The molecule has 0 bridgehead atoms. The quantitative estimate of drug-likeness (QED) is 0.810. The van der Waals surface area contributed by atoms with E-state index in [0.29, 0.717) is 6.61 Å². The number of rotatable bonds is 1. The predicted octanol–water partition coefficient (Wildman–Crippen LogP) is 2.67. The van der Waals surface area contributed by atoms with Crippen LogP contribution in [-0.4, -0.2) is 12.5 Å². The second-order valence-electron chi connectivity index (χ2n) is 5.45. The predicted molar refractivity (Wildman–Crippen MR) is 66.9 cm³/mol. The van der Waals surface area contributed by atoms with Gasteiger partial charge >= 0.3 is 0 Å². The van der Waals surface area contributed by atoms with E-state index < -0.39 is 0 Å². The number of para-hydroxylation sites is 1. The van der Waals surface area contributed by atoms with E-state index in [-0.39, 0.29) is 17.4 Å². The fourth-order valence-electron chi connectivity index (χ4n) is 1.87. The third-order valence-corrected chi connectivity index (χ3v) is 2.95. The van der Waals surface area contributed by atoms with Gasteiger partial charge in [-0.3, -0.25) is 4.79 Å². The Morgan fingerprint density at radius 3 is 2.76 bits per heavy atom. The second kappa shape index (κ2) is 4.40. The molecule has 0 saturated heterocycles. The Kier molecular flexibility index (Phi) is 3.09. The molecule has 2 rings (SSSR count). The van der Waals surface area contributed by atoms with Crippen molar-refractivity contribution in [3.05, 3.63) is 29.8 Å². The van der Waals surface area contributed by atoms with Crippen molar-refractivity contribution in [2.75, 3.05) is 6.61 Å².